The molecule has 0 aliphatic carbocycles. The van der Waals surface area contributed by atoms with E-state index in [4.69, 9.17) is 5.11 Å². The van der Waals surface area contributed by atoms with Gasteiger partial charge in [0, 0.05) is 6.07 Å². The average molecular weight is 297 g/mol. The lowest BCUT2D eigenvalue weighted by atomic mass is 10.1. The third-order valence-electron chi connectivity index (χ3n) is 2.76. The molecular formula is C15H17F2NO3. The lowest BCUT2D eigenvalue weighted by Gasteiger charge is -2.13. The zero-order valence-electron chi connectivity index (χ0n) is 11.8. The van der Waals surface area contributed by atoms with Crippen LogP contribution in [0.15, 0.2) is 29.8 Å². The fourth-order valence-electron chi connectivity index (χ4n) is 1.66. The SMILES string of the molecule is CC(C)=CC[C@H](NC(=O)Cc1ccc(F)cc1F)C(=O)O. The number of carbonyl (C=O) groups is 2. The van der Waals surface area contributed by atoms with Crippen molar-refractivity contribution in [3.63, 3.8) is 0 Å². The molecule has 0 spiro atoms. The van der Waals surface area contributed by atoms with E-state index in [0.29, 0.717) is 6.07 Å². The van der Waals surface area contributed by atoms with E-state index in [2.05, 4.69) is 5.32 Å². The summed E-state index contributed by atoms with van der Waals surface area (Å²) >= 11 is 0. The number of carboxylic acid groups (broad SMARTS) is 1. The summed E-state index contributed by atoms with van der Waals surface area (Å²) in [4.78, 5) is 22.8. The first-order valence-corrected chi connectivity index (χ1v) is 6.39. The van der Waals surface area contributed by atoms with Gasteiger partial charge < -0.3 is 10.4 Å². The summed E-state index contributed by atoms with van der Waals surface area (Å²) in [7, 11) is 0. The van der Waals surface area contributed by atoms with Gasteiger partial charge >= 0.3 is 5.97 Å². The molecule has 0 aliphatic heterocycles. The van der Waals surface area contributed by atoms with E-state index in [1.807, 2.05) is 13.8 Å². The molecule has 1 amide bonds. The number of carbonyl (C=O) groups excluding carboxylic acids is 1. The van der Waals surface area contributed by atoms with E-state index in [-0.39, 0.29) is 18.4 Å². The van der Waals surface area contributed by atoms with Crippen LogP contribution in [0, 0.1) is 11.6 Å². The summed E-state index contributed by atoms with van der Waals surface area (Å²) in [5, 5.41) is 11.3. The minimum Gasteiger partial charge on any atom is -0.480 e. The number of allylic oxidation sites excluding steroid dienone is 1. The fourth-order valence-corrected chi connectivity index (χ4v) is 1.66. The van der Waals surface area contributed by atoms with Gasteiger partial charge in [0.2, 0.25) is 5.91 Å². The van der Waals surface area contributed by atoms with Crippen molar-refractivity contribution in [2.75, 3.05) is 0 Å². The van der Waals surface area contributed by atoms with Gasteiger partial charge in [0.25, 0.3) is 0 Å². The molecule has 0 aliphatic rings. The van der Waals surface area contributed by atoms with Crippen LogP contribution < -0.4 is 5.32 Å². The maximum absolute atomic E-state index is 13.4. The molecule has 0 radical (unpaired) electrons. The summed E-state index contributed by atoms with van der Waals surface area (Å²) in [6.45, 7) is 3.63. The molecule has 0 fully saturated rings. The normalized spacial score (nSPS) is 11.6. The standard InChI is InChI=1S/C15H17F2NO3/c1-9(2)3-6-13(15(20)21)18-14(19)7-10-4-5-11(16)8-12(10)17/h3-5,8,13H,6-7H2,1-2H3,(H,18,19)(H,20,21)/t13-/m0/s1. The number of halogens is 2. The van der Waals surface area contributed by atoms with Gasteiger partial charge in [-0.3, -0.25) is 4.79 Å². The summed E-state index contributed by atoms with van der Waals surface area (Å²) in [6, 6.07) is 1.82. The van der Waals surface area contributed by atoms with Crippen LogP contribution in [0.5, 0.6) is 0 Å². The highest BCUT2D eigenvalue weighted by molar-refractivity contribution is 5.85. The highest BCUT2D eigenvalue weighted by Gasteiger charge is 2.19. The predicted molar refractivity (Wildman–Crippen MR) is 73.7 cm³/mol. The Morgan fingerprint density at radius 1 is 1.33 bits per heavy atom. The van der Waals surface area contributed by atoms with Crippen molar-refractivity contribution in [1.82, 2.24) is 5.32 Å². The van der Waals surface area contributed by atoms with E-state index < -0.39 is 29.6 Å². The summed E-state index contributed by atoms with van der Waals surface area (Å²) in [6.07, 6.45) is 1.50. The van der Waals surface area contributed by atoms with Crippen molar-refractivity contribution in [2.45, 2.75) is 32.7 Å². The van der Waals surface area contributed by atoms with Crippen molar-refractivity contribution < 1.29 is 23.5 Å². The molecule has 2 N–H and O–H groups in total. The molecule has 1 aromatic carbocycles. The first-order chi connectivity index (χ1) is 9.79. The van der Waals surface area contributed by atoms with Crippen molar-refractivity contribution in [3.05, 3.63) is 47.0 Å². The first kappa shape index (κ1) is 16.8. The number of rotatable bonds is 6. The highest BCUT2D eigenvalue weighted by Crippen LogP contribution is 2.10. The molecule has 0 bridgehead atoms. The molecule has 0 saturated heterocycles. The van der Waals surface area contributed by atoms with E-state index in [1.54, 1.807) is 6.08 Å². The molecule has 0 aromatic heterocycles. The van der Waals surface area contributed by atoms with E-state index in [0.717, 1.165) is 17.7 Å². The van der Waals surface area contributed by atoms with Gasteiger partial charge in [-0.05, 0) is 31.9 Å². The molecule has 4 nitrogen and oxygen atoms in total. The molecule has 0 saturated carbocycles. The lowest BCUT2D eigenvalue weighted by molar-refractivity contribution is -0.141. The number of amides is 1. The second kappa shape index (κ2) is 7.52. The van der Waals surface area contributed by atoms with E-state index >= 15 is 0 Å². The van der Waals surface area contributed by atoms with Crippen LogP contribution in [0.1, 0.15) is 25.8 Å². The average Bonchev–Trinajstić information content (AvgIpc) is 2.37. The zero-order chi connectivity index (χ0) is 16.0. The van der Waals surface area contributed by atoms with Crippen LogP contribution in [0.4, 0.5) is 8.78 Å². The van der Waals surface area contributed by atoms with Gasteiger partial charge in [-0.2, -0.15) is 0 Å². The number of nitrogens with one attached hydrogen (secondary N) is 1. The summed E-state index contributed by atoms with van der Waals surface area (Å²) < 4.78 is 26.2. The molecule has 1 aromatic rings. The minimum absolute atomic E-state index is 0.0141. The van der Waals surface area contributed by atoms with Crippen LogP contribution in [0.2, 0.25) is 0 Å². The Morgan fingerprint density at radius 2 is 2.00 bits per heavy atom. The Bertz CT molecular complexity index is 566. The fraction of sp³-hybridized carbons (Fsp3) is 0.333. The minimum atomic E-state index is -1.17. The number of benzene rings is 1. The maximum atomic E-state index is 13.4. The van der Waals surface area contributed by atoms with Crippen LogP contribution in [-0.2, 0) is 16.0 Å². The van der Waals surface area contributed by atoms with E-state index in [1.165, 1.54) is 0 Å². The van der Waals surface area contributed by atoms with Crippen LogP contribution >= 0.6 is 0 Å². The summed E-state index contributed by atoms with van der Waals surface area (Å²) in [5.74, 6) is -3.36. The van der Waals surface area contributed by atoms with Gasteiger partial charge in [-0.1, -0.05) is 17.7 Å². The maximum Gasteiger partial charge on any atom is 0.326 e. The molecule has 6 heteroatoms. The third kappa shape index (κ3) is 5.72. The molecule has 21 heavy (non-hydrogen) atoms. The Hall–Kier alpha value is -2.24. The van der Waals surface area contributed by atoms with Crippen LogP contribution in [0.3, 0.4) is 0 Å². The number of hydrogen-bond acceptors (Lipinski definition) is 2. The second-order valence-electron chi connectivity index (χ2n) is 4.89. The number of carboxylic acids is 1. The molecule has 0 heterocycles. The smallest absolute Gasteiger partial charge is 0.326 e. The molecule has 0 unspecified atom stereocenters. The first-order valence-electron chi connectivity index (χ1n) is 6.39. The number of hydrogen-bond donors (Lipinski definition) is 2. The second-order valence-corrected chi connectivity index (χ2v) is 4.89. The van der Waals surface area contributed by atoms with Crippen molar-refractivity contribution >= 4 is 11.9 Å². The van der Waals surface area contributed by atoms with Gasteiger partial charge in [0.15, 0.2) is 0 Å². The Kier molecular flexibility index (Phi) is 6.02. The molecule has 114 valence electrons. The van der Waals surface area contributed by atoms with Crippen LogP contribution in [-0.4, -0.2) is 23.0 Å². The van der Waals surface area contributed by atoms with Gasteiger partial charge in [-0.25, -0.2) is 13.6 Å². The van der Waals surface area contributed by atoms with Crippen molar-refractivity contribution in [3.8, 4) is 0 Å². The third-order valence-corrected chi connectivity index (χ3v) is 2.76. The van der Waals surface area contributed by atoms with Gasteiger partial charge in [-0.15, -0.1) is 0 Å². The Morgan fingerprint density at radius 3 is 2.52 bits per heavy atom. The quantitative estimate of drug-likeness (QED) is 0.793. The number of aliphatic carboxylic acids is 1. The van der Waals surface area contributed by atoms with Gasteiger partial charge in [0.1, 0.15) is 17.7 Å². The monoisotopic (exact) mass is 297 g/mol. The largest absolute Gasteiger partial charge is 0.480 e. The predicted octanol–water partition coefficient (Wildman–Crippen LogP) is 2.43. The summed E-state index contributed by atoms with van der Waals surface area (Å²) in [5.41, 5.74) is 0.945. The molecular weight excluding hydrogens is 280 g/mol. The lowest BCUT2D eigenvalue weighted by Crippen LogP contribution is -2.41. The van der Waals surface area contributed by atoms with Crippen molar-refractivity contribution in [1.29, 1.82) is 0 Å². The highest BCUT2D eigenvalue weighted by atomic mass is 19.1. The molecule has 1 atom stereocenters. The Balaban J connectivity index is 2.69. The molecule has 1 rings (SSSR count). The van der Waals surface area contributed by atoms with Crippen LogP contribution in [0.25, 0.3) is 0 Å². The van der Waals surface area contributed by atoms with Gasteiger partial charge in [0.05, 0.1) is 6.42 Å². The topological polar surface area (TPSA) is 66.4 Å². The van der Waals surface area contributed by atoms with Crippen molar-refractivity contribution in [2.24, 2.45) is 0 Å². The van der Waals surface area contributed by atoms with E-state index in [9.17, 15) is 18.4 Å². The zero-order valence-corrected chi connectivity index (χ0v) is 11.8. The Labute approximate surface area is 121 Å².